The Morgan fingerprint density at radius 2 is 1.94 bits per heavy atom. The summed E-state index contributed by atoms with van der Waals surface area (Å²) in [6.45, 7) is 4.14. The van der Waals surface area contributed by atoms with Gasteiger partial charge in [0.1, 0.15) is 23.5 Å². The fourth-order valence-electron chi connectivity index (χ4n) is 3.34. The van der Waals surface area contributed by atoms with Gasteiger partial charge in [0.15, 0.2) is 11.5 Å². The number of aryl methyl sites for hydroxylation is 1. The Bertz CT molecular complexity index is 1110. The molecule has 3 aromatic rings. The first kappa shape index (κ1) is 22.1. The molecule has 2 aromatic carbocycles. The zero-order valence-electron chi connectivity index (χ0n) is 17.8. The highest BCUT2D eigenvalue weighted by Gasteiger charge is 2.27. The molecule has 9 heteroatoms. The lowest BCUT2D eigenvalue weighted by Crippen LogP contribution is -2.27. The molecule has 0 saturated heterocycles. The summed E-state index contributed by atoms with van der Waals surface area (Å²) in [5, 5.41) is 15.3. The van der Waals surface area contributed by atoms with E-state index in [1.807, 2.05) is 31.2 Å². The number of nitrogens with one attached hydrogen (secondary N) is 1. The first-order valence-electron chi connectivity index (χ1n) is 9.64. The number of para-hydroxylation sites is 1. The molecule has 0 fully saturated rings. The molecule has 1 amide bonds. The maximum Gasteiger partial charge on any atom is 0.286 e. The van der Waals surface area contributed by atoms with Gasteiger partial charge in [0.05, 0.1) is 30.7 Å². The molecule has 1 atom stereocenters. The quantitative estimate of drug-likeness (QED) is 0.309. The molecule has 3 rings (SSSR count). The number of benzene rings is 2. The van der Waals surface area contributed by atoms with Gasteiger partial charge in [-0.3, -0.25) is 14.9 Å². The minimum absolute atomic E-state index is 0.137. The Hall–Kier alpha value is -3.59. The van der Waals surface area contributed by atoms with E-state index in [0.29, 0.717) is 18.0 Å². The van der Waals surface area contributed by atoms with E-state index in [1.54, 1.807) is 6.92 Å². The van der Waals surface area contributed by atoms with Gasteiger partial charge in [0, 0.05) is 24.1 Å². The summed E-state index contributed by atoms with van der Waals surface area (Å²) in [7, 11) is 2.91. The number of carbonyl (C=O) groups is 1. The van der Waals surface area contributed by atoms with Gasteiger partial charge >= 0.3 is 0 Å². The third kappa shape index (κ3) is 4.61. The van der Waals surface area contributed by atoms with Crippen LogP contribution in [-0.2, 0) is 4.74 Å². The summed E-state index contributed by atoms with van der Waals surface area (Å²) in [5.41, 5.74) is 1.08. The van der Waals surface area contributed by atoms with Crippen molar-refractivity contribution >= 4 is 22.6 Å². The molecule has 0 spiro atoms. The van der Waals surface area contributed by atoms with Crippen LogP contribution in [0.5, 0.6) is 11.5 Å². The summed E-state index contributed by atoms with van der Waals surface area (Å²) in [5.74, 6) is 0.327. The number of hydrogen-bond donors (Lipinski definition) is 1. The van der Waals surface area contributed by atoms with Crippen molar-refractivity contribution in [3.05, 3.63) is 63.4 Å². The average Bonchev–Trinajstić information content (AvgIpc) is 3.10. The molecule has 164 valence electrons. The van der Waals surface area contributed by atoms with E-state index < -0.39 is 16.9 Å². The molecular formula is C22H24N2O7. The van der Waals surface area contributed by atoms with Crippen molar-refractivity contribution in [2.24, 2.45) is 0 Å². The number of ether oxygens (including phenoxy) is 3. The second-order valence-electron chi connectivity index (χ2n) is 6.90. The third-order valence-corrected chi connectivity index (χ3v) is 4.89. The van der Waals surface area contributed by atoms with E-state index in [2.05, 4.69) is 5.32 Å². The number of nitro groups is 1. The number of carbonyl (C=O) groups excluding carboxylic acids is 1. The topological polar surface area (TPSA) is 113 Å². The van der Waals surface area contributed by atoms with Gasteiger partial charge in [0.25, 0.3) is 11.6 Å². The lowest BCUT2D eigenvalue weighted by molar-refractivity contribution is -0.385. The molecule has 1 heterocycles. The minimum Gasteiger partial charge on any atom is -0.493 e. The summed E-state index contributed by atoms with van der Waals surface area (Å²) in [4.78, 5) is 23.9. The Labute approximate surface area is 179 Å². The molecule has 1 N–H and O–H groups in total. The summed E-state index contributed by atoms with van der Waals surface area (Å²) in [6.07, 6.45) is 0. The van der Waals surface area contributed by atoms with Gasteiger partial charge in [0.2, 0.25) is 0 Å². The molecule has 0 saturated carbocycles. The number of nitro benzene ring substituents is 1. The maximum absolute atomic E-state index is 12.9. The van der Waals surface area contributed by atoms with Gasteiger partial charge in [-0.15, -0.1) is 0 Å². The number of fused-ring (bicyclic) bond motifs is 1. The highest BCUT2D eigenvalue weighted by atomic mass is 16.6. The molecule has 0 aliphatic rings. The largest absolute Gasteiger partial charge is 0.493 e. The minimum atomic E-state index is -0.630. The molecule has 1 unspecified atom stereocenters. The van der Waals surface area contributed by atoms with Crippen LogP contribution in [0.25, 0.3) is 11.0 Å². The number of amides is 1. The highest BCUT2D eigenvalue weighted by Crippen LogP contribution is 2.35. The fourth-order valence-corrected chi connectivity index (χ4v) is 3.34. The van der Waals surface area contributed by atoms with E-state index in [1.165, 1.54) is 26.4 Å². The number of hydrogen-bond acceptors (Lipinski definition) is 7. The SMILES string of the molecule is COCCOc1cc([N+](=O)[O-])c(C(=O)NC(C)c2oc3ccccc3c2C)cc1OC. The van der Waals surface area contributed by atoms with Crippen molar-refractivity contribution in [2.75, 3.05) is 27.4 Å². The van der Waals surface area contributed by atoms with Crippen molar-refractivity contribution in [2.45, 2.75) is 19.9 Å². The second-order valence-corrected chi connectivity index (χ2v) is 6.90. The van der Waals surface area contributed by atoms with E-state index in [0.717, 1.165) is 10.9 Å². The van der Waals surface area contributed by atoms with Crippen LogP contribution < -0.4 is 14.8 Å². The number of rotatable bonds is 9. The first-order valence-corrected chi connectivity index (χ1v) is 9.64. The van der Waals surface area contributed by atoms with Gasteiger partial charge in [-0.2, -0.15) is 0 Å². The van der Waals surface area contributed by atoms with Crippen LogP contribution in [0.15, 0.2) is 40.8 Å². The van der Waals surface area contributed by atoms with Crippen LogP contribution >= 0.6 is 0 Å². The van der Waals surface area contributed by atoms with E-state index in [-0.39, 0.29) is 29.4 Å². The Balaban J connectivity index is 1.90. The molecule has 31 heavy (non-hydrogen) atoms. The standard InChI is InChI=1S/C22H24N2O7/c1-13-15-7-5-6-8-18(15)31-21(13)14(2)23-22(25)16-11-19(29-4)20(30-10-9-28-3)12-17(16)24(26)27/h5-8,11-12,14H,9-10H2,1-4H3,(H,23,25). The Morgan fingerprint density at radius 3 is 2.58 bits per heavy atom. The van der Waals surface area contributed by atoms with Crippen LogP contribution in [0.2, 0.25) is 0 Å². The molecule has 9 nitrogen and oxygen atoms in total. The van der Waals surface area contributed by atoms with E-state index in [9.17, 15) is 14.9 Å². The lowest BCUT2D eigenvalue weighted by Gasteiger charge is -2.15. The Morgan fingerprint density at radius 1 is 1.19 bits per heavy atom. The predicted octanol–water partition coefficient (Wildman–Crippen LogP) is 4.17. The normalized spacial score (nSPS) is 11.9. The van der Waals surface area contributed by atoms with Crippen LogP contribution in [-0.4, -0.2) is 38.3 Å². The van der Waals surface area contributed by atoms with Crippen LogP contribution in [0.4, 0.5) is 5.69 Å². The van der Waals surface area contributed by atoms with Crippen molar-refractivity contribution in [3.63, 3.8) is 0 Å². The predicted molar refractivity (Wildman–Crippen MR) is 114 cm³/mol. The lowest BCUT2D eigenvalue weighted by atomic mass is 10.1. The molecule has 0 aliphatic carbocycles. The number of furan rings is 1. The molecule has 0 radical (unpaired) electrons. The monoisotopic (exact) mass is 428 g/mol. The summed E-state index contributed by atoms with van der Waals surface area (Å²) < 4.78 is 21.6. The van der Waals surface area contributed by atoms with Gasteiger partial charge in [-0.05, 0) is 19.9 Å². The van der Waals surface area contributed by atoms with E-state index >= 15 is 0 Å². The number of nitrogens with zero attached hydrogens (tertiary/aromatic N) is 1. The summed E-state index contributed by atoms with van der Waals surface area (Å²) >= 11 is 0. The molecule has 0 bridgehead atoms. The maximum atomic E-state index is 12.9. The third-order valence-electron chi connectivity index (χ3n) is 4.89. The second kappa shape index (κ2) is 9.48. The Kier molecular flexibility index (Phi) is 6.76. The molecular weight excluding hydrogens is 404 g/mol. The van der Waals surface area contributed by atoms with Gasteiger partial charge in [-0.1, -0.05) is 18.2 Å². The zero-order chi connectivity index (χ0) is 22.5. The van der Waals surface area contributed by atoms with Gasteiger partial charge < -0.3 is 23.9 Å². The van der Waals surface area contributed by atoms with Gasteiger partial charge in [-0.25, -0.2) is 0 Å². The molecule has 1 aromatic heterocycles. The zero-order valence-corrected chi connectivity index (χ0v) is 17.8. The smallest absolute Gasteiger partial charge is 0.286 e. The van der Waals surface area contributed by atoms with Crippen molar-refractivity contribution in [1.29, 1.82) is 0 Å². The molecule has 0 aliphatic heterocycles. The van der Waals surface area contributed by atoms with Crippen molar-refractivity contribution in [3.8, 4) is 11.5 Å². The first-order chi connectivity index (χ1) is 14.9. The fraction of sp³-hybridized carbons (Fsp3) is 0.318. The van der Waals surface area contributed by atoms with Crippen molar-refractivity contribution < 1.29 is 28.3 Å². The van der Waals surface area contributed by atoms with Crippen LogP contribution in [0.1, 0.15) is 34.6 Å². The van der Waals surface area contributed by atoms with Crippen LogP contribution in [0.3, 0.4) is 0 Å². The van der Waals surface area contributed by atoms with Crippen LogP contribution in [0, 0.1) is 17.0 Å². The average molecular weight is 428 g/mol. The summed E-state index contributed by atoms with van der Waals surface area (Å²) in [6, 6.07) is 9.52. The van der Waals surface area contributed by atoms with E-state index in [4.69, 9.17) is 18.6 Å². The van der Waals surface area contributed by atoms with Crippen molar-refractivity contribution in [1.82, 2.24) is 5.32 Å². The highest BCUT2D eigenvalue weighted by molar-refractivity contribution is 5.99. The number of methoxy groups -OCH3 is 2.